The van der Waals surface area contributed by atoms with E-state index < -0.39 is 0 Å². The van der Waals surface area contributed by atoms with Crippen molar-refractivity contribution in [2.75, 3.05) is 6.54 Å². The van der Waals surface area contributed by atoms with Crippen LogP contribution in [0.4, 0.5) is 0 Å². The lowest BCUT2D eigenvalue weighted by molar-refractivity contribution is 0.273. The molecule has 0 bridgehead atoms. The minimum absolute atomic E-state index is 0.525. The van der Waals surface area contributed by atoms with Crippen molar-refractivity contribution in [3.8, 4) is 0 Å². The molecule has 0 atom stereocenters. The molecule has 98 valence electrons. The van der Waals surface area contributed by atoms with Gasteiger partial charge in [0, 0.05) is 12.6 Å². The predicted molar refractivity (Wildman–Crippen MR) is 71.6 cm³/mol. The van der Waals surface area contributed by atoms with Crippen LogP contribution in [0, 0.1) is 5.92 Å². The molecule has 2 rings (SSSR count). The van der Waals surface area contributed by atoms with Crippen molar-refractivity contribution in [2.24, 2.45) is 16.8 Å². The fourth-order valence-electron chi connectivity index (χ4n) is 2.59. The van der Waals surface area contributed by atoms with Crippen molar-refractivity contribution in [3.05, 3.63) is 0 Å². The molecule has 4 heteroatoms. The SMILES string of the molecule is CC(C)CN(C(=NC1CC1)NN)C1CCCC1. The Morgan fingerprint density at radius 3 is 2.41 bits per heavy atom. The van der Waals surface area contributed by atoms with Crippen LogP contribution in [0.1, 0.15) is 52.4 Å². The molecule has 4 nitrogen and oxygen atoms in total. The second-order valence-electron chi connectivity index (χ2n) is 5.81. The van der Waals surface area contributed by atoms with Gasteiger partial charge < -0.3 is 4.90 Å². The Hall–Kier alpha value is -0.770. The molecule has 0 aliphatic heterocycles. The number of hydrogen-bond donors (Lipinski definition) is 2. The molecule has 0 aromatic heterocycles. The number of aliphatic imine (C=N–C) groups is 1. The molecule has 17 heavy (non-hydrogen) atoms. The first kappa shape index (κ1) is 12.7. The highest BCUT2D eigenvalue weighted by Gasteiger charge is 2.28. The first-order valence-electron chi connectivity index (χ1n) is 7.01. The molecule has 0 radical (unpaired) electrons. The Kier molecular flexibility index (Phi) is 4.26. The van der Waals surface area contributed by atoms with E-state index in [1.807, 2.05) is 0 Å². The number of hydrogen-bond acceptors (Lipinski definition) is 2. The van der Waals surface area contributed by atoms with Gasteiger partial charge in [0.25, 0.3) is 0 Å². The molecular formula is C13H26N4. The smallest absolute Gasteiger partial charge is 0.208 e. The molecule has 3 N–H and O–H groups in total. The van der Waals surface area contributed by atoms with E-state index in [2.05, 4.69) is 24.2 Å². The van der Waals surface area contributed by atoms with Gasteiger partial charge in [0.05, 0.1) is 6.04 Å². The molecule has 0 aromatic rings. The minimum atomic E-state index is 0.525. The molecule has 2 fully saturated rings. The summed E-state index contributed by atoms with van der Waals surface area (Å²) in [5.74, 6) is 7.24. The Bertz CT molecular complexity index is 265. The molecule has 2 saturated carbocycles. The van der Waals surface area contributed by atoms with Gasteiger partial charge in [-0.25, -0.2) is 10.8 Å². The van der Waals surface area contributed by atoms with Crippen LogP contribution in [-0.4, -0.2) is 29.5 Å². The standard InChI is InChI=1S/C13H26N4/c1-10(2)9-17(12-5-3-4-6-12)13(16-14)15-11-7-8-11/h10-12H,3-9,14H2,1-2H3,(H,15,16). The van der Waals surface area contributed by atoms with E-state index in [9.17, 15) is 0 Å². The third kappa shape index (κ3) is 3.60. The van der Waals surface area contributed by atoms with E-state index in [0.717, 1.165) is 12.5 Å². The lowest BCUT2D eigenvalue weighted by atomic mass is 10.1. The van der Waals surface area contributed by atoms with Gasteiger partial charge in [-0.15, -0.1) is 0 Å². The Labute approximate surface area is 105 Å². The summed E-state index contributed by atoms with van der Waals surface area (Å²) in [6, 6.07) is 1.17. The number of rotatable bonds is 4. The Morgan fingerprint density at radius 1 is 1.29 bits per heavy atom. The highest BCUT2D eigenvalue weighted by Crippen LogP contribution is 2.27. The van der Waals surface area contributed by atoms with Crippen molar-refractivity contribution >= 4 is 5.96 Å². The predicted octanol–water partition coefficient (Wildman–Crippen LogP) is 1.87. The van der Waals surface area contributed by atoms with Crippen LogP contribution in [0.25, 0.3) is 0 Å². The lowest BCUT2D eigenvalue weighted by Gasteiger charge is -2.33. The average Bonchev–Trinajstić information content (AvgIpc) is 2.94. The van der Waals surface area contributed by atoms with Crippen LogP contribution in [0.2, 0.25) is 0 Å². The summed E-state index contributed by atoms with van der Waals surface area (Å²) in [6.07, 6.45) is 7.73. The largest absolute Gasteiger partial charge is 0.339 e. The molecule has 0 unspecified atom stereocenters. The molecule has 0 spiro atoms. The van der Waals surface area contributed by atoms with Crippen molar-refractivity contribution in [1.29, 1.82) is 0 Å². The fourth-order valence-corrected chi connectivity index (χ4v) is 2.59. The number of hydrazine groups is 1. The normalized spacial score (nSPS) is 22.2. The van der Waals surface area contributed by atoms with Crippen molar-refractivity contribution in [2.45, 2.75) is 64.5 Å². The van der Waals surface area contributed by atoms with E-state index in [-0.39, 0.29) is 0 Å². The summed E-state index contributed by atoms with van der Waals surface area (Å²) < 4.78 is 0. The lowest BCUT2D eigenvalue weighted by Crippen LogP contribution is -2.50. The van der Waals surface area contributed by atoms with Gasteiger partial charge in [0.15, 0.2) is 0 Å². The number of nitrogens with one attached hydrogen (secondary N) is 1. The topological polar surface area (TPSA) is 53.6 Å². The summed E-state index contributed by atoms with van der Waals surface area (Å²) in [4.78, 5) is 7.12. The third-order valence-corrected chi connectivity index (χ3v) is 3.58. The van der Waals surface area contributed by atoms with Gasteiger partial charge in [-0.05, 0) is 31.6 Å². The van der Waals surface area contributed by atoms with E-state index in [1.165, 1.54) is 38.5 Å². The molecule has 0 aromatic carbocycles. The maximum absolute atomic E-state index is 5.67. The Balaban J connectivity index is 2.05. The van der Waals surface area contributed by atoms with Crippen molar-refractivity contribution < 1.29 is 0 Å². The summed E-state index contributed by atoms with van der Waals surface area (Å²) in [5.41, 5.74) is 2.83. The van der Waals surface area contributed by atoms with Crippen LogP contribution in [0.3, 0.4) is 0 Å². The first-order valence-corrected chi connectivity index (χ1v) is 7.01. The quantitative estimate of drug-likeness (QED) is 0.340. The maximum atomic E-state index is 5.67. The molecule has 2 aliphatic rings. The minimum Gasteiger partial charge on any atom is -0.339 e. The second kappa shape index (κ2) is 5.71. The van der Waals surface area contributed by atoms with Gasteiger partial charge in [-0.1, -0.05) is 26.7 Å². The molecule has 0 amide bonds. The van der Waals surface area contributed by atoms with Crippen LogP contribution in [-0.2, 0) is 0 Å². The zero-order valence-electron chi connectivity index (χ0n) is 11.2. The van der Waals surface area contributed by atoms with Crippen molar-refractivity contribution in [1.82, 2.24) is 10.3 Å². The maximum Gasteiger partial charge on any atom is 0.208 e. The van der Waals surface area contributed by atoms with Crippen LogP contribution in [0.15, 0.2) is 4.99 Å². The van der Waals surface area contributed by atoms with E-state index >= 15 is 0 Å². The van der Waals surface area contributed by atoms with Crippen molar-refractivity contribution in [3.63, 3.8) is 0 Å². The summed E-state index contributed by atoms with van der Waals surface area (Å²) in [7, 11) is 0. The summed E-state index contributed by atoms with van der Waals surface area (Å²) in [5, 5.41) is 0. The summed E-state index contributed by atoms with van der Waals surface area (Å²) >= 11 is 0. The summed E-state index contributed by atoms with van der Waals surface area (Å²) in [6.45, 7) is 5.57. The highest BCUT2D eigenvalue weighted by atomic mass is 15.4. The number of nitrogens with two attached hydrogens (primary N) is 1. The zero-order chi connectivity index (χ0) is 12.3. The van der Waals surface area contributed by atoms with Crippen LogP contribution in [0.5, 0.6) is 0 Å². The molecule has 0 heterocycles. The van der Waals surface area contributed by atoms with E-state index in [0.29, 0.717) is 18.0 Å². The Morgan fingerprint density at radius 2 is 1.94 bits per heavy atom. The van der Waals surface area contributed by atoms with E-state index in [4.69, 9.17) is 10.8 Å². The van der Waals surface area contributed by atoms with Gasteiger partial charge in [0.1, 0.15) is 0 Å². The molecule has 0 saturated heterocycles. The van der Waals surface area contributed by atoms with E-state index in [1.54, 1.807) is 0 Å². The van der Waals surface area contributed by atoms with Crippen LogP contribution >= 0.6 is 0 Å². The fraction of sp³-hybridized carbons (Fsp3) is 0.923. The second-order valence-corrected chi connectivity index (χ2v) is 5.81. The molecular weight excluding hydrogens is 212 g/mol. The number of guanidine groups is 1. The monoisotopic (exact) mass is 238 g/mol. The molecule has 2 aliphatic carbocycles. The van der Waals surface area contributed by atoms with Gasteiger partial charge in [0.2, 0.25) is 5.96 Å². The number of nitrogens with zero attached hydrogens (tertiary/aromatic N) is 2. The van der Waals surface area contributed by atoms with Gasteiger partial charge >= 0.3 is 0 Å². The van der Waals surface area contributed by atoms with Gasteiger partial charge in [-0.2, -0.15) is 0 Å². The highest BCUT2D eigenvalue weighted by molar-refractivity contribution is 5.80. The zero-order valence-corrected chi connectivity index (χ0v) is 11.2. The third-order valence-electron chi connectivity index (χ3n) is 3.58. The van der Waals surface area contributed by atoms with Crippen LogP contribution < -0.4 is 11.3 Å². The first-order chi connectivity index (χ1) is 8.20. The van der Waals surface area contributed by atoms with Gasteiger partial charge in [-0.3, -0.25) is 5.43 Å². The average molecular weight is 238 g/mol.